The Morgan fingerprint density at radius 1 is 1.47 bits per heavy atom. The molecule has 0 fully saturated rings. The number of likely N-dealkylation sites (N-methyl/N-ethyl adjacent to an activating group) is 1. The number of hydrogen-bond acceptors (Lipinski definition) is 3. The molecular formula is C11H17ClN2O. The molecule has 0 radical (unpaired) electrons. The average Bonchev–Trinajstić information content (AvgIpc) is 2.17. The molecule has 3 nitrogen and oxygen atoms in total. The van der Waals surface area contributed by atoms with E-state index in [1.807, 2.05) is 7.05 Å². The van der Waals surface area contributed by atoms with Crippen molar-refractivity contribution in [1.29, 1.82) is 0 Å². The molecular weight excluding hydrogens is 212 g/mol. The number of nitrogens with zero attached hydrogens (tertiary/aromatic N) is 1. The second-order valence-electron chi connectivity index (χ2n) is 3.80. The van der Waals surface area contributed by atoms with Crippen LogP contribution in [0.3, 0.4) is 0 Å². The van der Waals surface area contributed by atoms with E-state index in [1.165, 1.54) is 0 Å². The smallest absolute Gasteiger partial charge is 0.139 e. The zero-order valence-electron chi connectivity index (χ0n) is 9.33. The van der Waals surface area contributed by atoms with Gasteiger partial charge in [-0.05, 0) is 13.0 Å². The number of ether oxygens (including phenoxy) is 1. The molecule has 1 N–H and O–H groups in total. The number of halogens is 1. The van der Waals surface area contributed by atoms with Crippen molar-refractivity contribution in [3.05, 3.63) is 23.5 Å². The van der Waals surface area contributed by atoms with Gasteiger partial charge in [0.05, 0.1) is 11.2 Å². The summed E-state index contributed by atoms with van der Waals surface area (Å²) >= 11 is 5.83. The highest BCUT2D eigenvalue weighted by molar-refractivity contribution is 6.30. The summed E-state index contributed by atoms with van der Waals surface area (Å²) in [5, 5.41) is 3.70. The standard InChI is InChI=1S/C11H17ClN2O/c1-8(2)11(7-13-3)15-10-4-9(12)5-14-6-10/h4-6,8,11,13H,7H2,1-3H3. The Morgan fingerprint density at radius 2 is 2.20 bits per heavy atom. The molecule has 4 heteroatoms. The van der Waals surface area contributed by atoms with Gasteiger partial charge in [-0.15, -0.1) is 0 Å². The third-order valence-corrected chi connectivity index (χ3v) is 2.32. The van der Waals surface area contributed by atoms with Crippen molar-refractivity contribution in [2.75, 3.05) is 13.6 Å². The summed E-state index contributed by atoms with van der Waals surface area (Å²) in [6, 6.07) is 1.78. The van der Waals surface area contributed by atoms with Crippen molar-refractivity contribution in [2.24, 2.45) is 5.92 Å². The first kappa shape index (κ1) is 12.3. The topological polar surface area (TPSA) is 34.1 Å². The molecule has 1 aromatic heterocycles. The molecule has 1 atom stereocenters. The molecule has 0 saturated carbocycles. The lowest BCUT2D eigenvalue weighted by molar-refractivity contribution is 0.151. The van der Waals surface area contributed by atoms with E-state index >= 15 is 0 Å². The number of nitrogens with one attached hydrogen (secondary N) is 1. The molecule has 0 spiro atoms. The van der Waals surface area contributed by atoms with Crippen molar-refractivity contribution < 1.29 is 4.74 Å². The maximum atomic E-state index is 5.83. The van der Waals surface area contributed by atoms with Crippen LogP contribution in [-0.2, 0) is 0 Å². The Labute approximate surface area is 95.8 Å². The van der Waals surface area contributed by atoms with Gasteiger partial charge in [0, 0.05) is 18.8 Å². The number of aromatic nitrogens is 1. The van der Waals surface area contributed by atoms with Gasteiger partial charge >= 0.3 is 0 Å². The minimum atomic E-state index is 0.135. The van der Waals surface area contributed by atoms with Crippen LogP contribution in [0, 0.1) is 5.92 Å². The Morgan fingerprint density at radius 3 is 2.73 bits per heavy atom. The van der Waals surface area contributed by atoms with Crippen LogP contribution < -0.4 is 10.1 Å². The molecule has 0 aliphatic carbocycles. The van der Waals surface area contributed by atoms with Gasteiger partial charge in [-0.3, -0.25) is 4.98 Å². The van der Waals surface area contributed by atoms with Crippen molar-refractivity contribution in [2.45, 2.75) is 20.0 Å². The molecule has 1 heterocycles. The lowest BCUT2D eigenvalue weighted by Crippen LogP contribution is -2.33. The maximum absolute atomic E-state index is 5.83. The fourth-order valence-corrected chi connectivity index (χ4v) is 1.41. The van der Waals surface area contributed by atoms with E-state index in [4.69, 9.17) is 16.3 Å². The fraction of sp³-hybridized carbons (Fsp3) is 0.545. The SMILES string of the molecule is CNCC(Oc1cncc(Cl)c1)C(C)C. The van der Waals surface area contributed by atoms with E-state index < -0.39 is 0 Å². The summed E-state index contributed by atoms with van der Waals surface area (Å²) in [7, 11) is 1.91. The second-order valence-corrected chi connectivity index (χ2v) is 4.23. The van der Waals surface area contributed by atoms with Gasteiger partial charge in [0.2, 0.25) is 0 Å². The summed E-state index contributed by atoms with van der Waals surface area (Å²) < 4.78 is 5.79. The van der Waals surface area contributed by atoms with Gasteiger partial charge in [0.15, 0.2) is 0 Å². The van der Waals surface area contributed by atoms with Crippen LogP contribution in [0.2, 0.25) is 5.02 Å². The highest BCUT2D eigenvalue weighted by Gasteiger charge is 2.14. The molecule has 1 unspecified atom stereocenters. The number of pyridine rings is 1. The predicted molar refractivity (Wildman–Crippen MR) is 62.4 cm³/mol. The first-order chi connectivity index (χ1) is 7.13. The van der Waals surface area contributed by atoms with Crippen LogP contribution in [0.4, 0.5) is 0 Å². The van der Waals surface area contributed by atoms with Crippen LogP contribution in [0.25, 0.3) is 0 Å². The zero-order chi connectivity index (χ0) is 11.3. The largest absolute Gasteiger partial charge is 0.487 e. The Hall–Kier alpha value is -0.800. The summed E-state index contributed by atoms with van der Waals surface area (Å²) in [5.74, 6) is 1.16. The maximum Gasteiger partial charge on any atom is 0.139 e. The van der Waals surface area contributed by atoms with Crippen molar-refractivity contribution in [1.82, 2.24) is 10.3 Å². The van der Waals surface area contributed by atoms with Gasteiger partial charge in [-0.1, -0.05) is 25.4 Å². The summed E-state index contributed by atoms with van der Waals surface area (Å²) in [6.45, 7) is 5.06. The third kappa shape index (κ3) is 4.06. The average molecular weight is 229 g/mol. The van der Waals surface area contributed by atoms with Crippen molar-refractivity contribution >= 4 is 11.6 Å². The van der Waals surface area contributed by atoms with Crippen LogP contribution >= 0.6 is 11.6 Å². The van der Waals surface area contributed by atoms with Gasteiger partial charge in [-0.25, -0.2) is 0 Å². The number of rotatable bonds is 5. The van der Waals surface area contributed by atoms with Crippen LogP contribution in [0.5, 0.6) is 5.75 Å². The molecule has 15 heavy (non-hydrogen) atoms. The minimum Gasteiger partial charge on any atom is -0.487 e. The normalized spacial score (nSPS) is 12.9. The quantitative estimate of drug-likeness (QED) is 0.840. The Bertz CT molecular complexity index is 304. The zero-order valence-corrected chi connectivity index (χ0v) is 10.1. The first-order valence-electron chi connectivity index (χ1n) is 5.05. The van der Waals surface area contributed by atoms with E-state index in [0.717, 1.165) is 12.3 Å². The highest BCUT2D eigenvalue weighted by atomic mass is 35.5. The molecule has 0 saturated heterocycles. The number of hydrogen-bond donors (Lipinski definition) is 1. The van der Waals surface area contributed by atoms with E-state index in [1.54, 1.807) is 18.5 Å². The van der Waals surface area contributed by atoms with E-state index in [9.17, 15) is 0 Å². The molecule has 0 bridgehead atoms. The fourth-order valence-electron chi connectivity index (χ4n) is 1.25. The predicted octanol–water partition coefficient (Wildman–Crippen LogP) is 2.36. The molecule has 1 rings (SSSR count). The van der Waals surface area contributed by atoms with Crippen LogP contribution in [0.15, 0.2) is 18.5 Å². The Balaban J connectivity index is 2.65. The molecule has 0 aromatic carbocycles. The summed E-state index contributed by atoms with van der Waals surface area (Å²) in [5.41, 5.74) is 0. The molecule has 0 aliphatic rings. The lowest BCUT2D eigenvalue weighted by atomic mass is 10.1. The summed E-state index contributed by atoms with van der Waals surface area (Å²) in [4.78, 5) is 3.98. The molecule has 0 aliphatic heterocycles. The van der Waals surface area contributed by atoms with Crippen molar-refractivity contribution in [3.63, 3.8) is 0 Å². The highest BCUT2D eigenvalue weighted by Crippen LogP contribution is 2.18. The van der Waals surface area contributed by atoms with Gasteiger partial charge in [-0.2, -0.15) is 0 Å². The van der Waals surface area contributed by atoms with Crippen molar-refractivity contribution in [3.8, 4) is 5.75 Å². The van der Waals surface area contributed by atoms with E-state index in [-0.39, 0.29) is 6.10 Å². The van der Waals surface area contributed by atoms with Gasteiger partial charge in [0.1, 0.15) is 11.9 Å². The van der Waals surface area contributed by atoms with E-state index in [0.29, 0.717) is 10.9 Å². The second kappa shape index (κ2) is 5.93. The van der Waals surface area contributed by atoms with E-state index in [2.05, 4.69) is 24.1 Å². The molecule has 1 aromatic rings. The van der Waals surface area contributed by atoms with Gasteiger partial charge in [0.25, 0.3) is 0 Å². The molecule has 0 amide bonds. The third-order valence-electron chi connectivity index (χ3n) is 2.12. The Kier molecular flexibility index (Phi) is 4.85. The van der Waals surface area contributed by atoms with Gasteiger partial charge < -0.3 is 10.1 Å². The summed E-state index contributed by atoms with van der Waals surface area (Å²) in [6.07, 6.45) is 3.41. The first-order valence-corrected chi connectivity index (χ1v) is 5.43. The van der Waals surface area contributed by atoms with Crippen LogP contribution in [0.1, 0.15) is 13.8 Å². The van der Waals surface area contributed by atoms with Crippen LogP contribution in [-0.4, -0.2) is 24.7 Å². The lowest BCUT2D eigenvalue weighted by Gasteiger charge is -2.22. The monoisotopic (exact) mass is 228 g/mol. The molecule has 84 valence electrons. The minimum absolute atomic E-state index is 0.135.